The number of hydrogen-bond donors (Lipinski definition) is 2. The molecule has 3 N–H and O–H groups in total. The van der Waals surface area contributed by atoms with Gasteiger partial charge in [-0.3, -0.25) is 0 Å². The average Bonchev–Trinajstić information content (AvgIpc) is 2.74. The van der Waals surface area contributed by atoms with Crippen LogP contribution in [0.3, 0.4) is 0 Å². The molecule has 0 aliphatic heterocycles. The molecule has 0 aromatic carbocycles. The second kappa shape index (κ2) is 5.53. The lowest BCUT2D eigenvalue weighted by molar-refractivity contribution is 0.0562. The Labute approximate surface area is 88.6 Å². The maximum absolute atomic E-state index is 11.1. The number of esters is 1. The van der Waals surface area contributed by atoms with Crippen molar-refractivity contribution in [1.29, 1.82) is 0 Å². The van der Waals surface area contributed by atoms with Crippen molar-refractivity contribution in [2.75, 3.05) is 20.2 Å². The van der Waals surface area contributed by atoms with Gasteiger partial charge in [0.1, 0.15) is 5.76 Å². The largest absolute Gasteiger partial charge is 0.463 e. The molecule has 0 bridgehead atoms. The number of rotatable bonds is 5. The molecule has 5 nitrogen and oxygen atoms in total. The molecule has 1 atom stereocenters. The first kappa shape index (κ1) is 11.7. The topological polar surface area (TPSA) is 77.5 Å². The standard InChI is InChI=1S/C10H16N2O3/c1-7(12-6-5-11)8-3-4-9(15-8)10(13)14-2/h3-4,7,12H,5-6,11H2,1-2H3. The third kappa shape index (κ3) is 3.07. The van der Waals surface area contributed by atoms with Gasteiger partial charge in [0.25, 0.3) is 0 Å². The van der Waals surface area contributed by atoms with E-state index in [2.05, 4.69) is 10.1 Å². The van der Waals surface area contributed by atoms with E-state index in [9.17, 15) is 4.79 Å². The van der Waals surface area contributed by atoms with Crippen molar-refractivity contribution >= 4 is 5.97 Å². The van der Waals surface area contributed by atoms with Crippen molar-refractivity contribution in [3.8, 4) is 0 Å². The molecule has 0 radical (unpaired) electrons. The van der Waals surface area contributed by atoms with Crippen molar-refractivity contribution in [3.63, 3.8) is 0 Å². The zero-order valence-corrected chi connectivity index (χ0v) is 8.95. The van der Waals surface area contributed by atoms with E-state index in [1.54, 1.807) is 12.1 Å². The fourth-order valence-corrected chi connectivity index (χ4v) is 1.20. The minimum Gasteiger partial charge on any atom is -0.463 e. The molecule has 0 spiro atoms. The minimum absolute atomic E-state index is 0.0342. The average molecular weight is 212 g/mol. The molecule has 5 heteroatoms. The number of nitrogens with two attached hydrogens (primary N) is 1. The Morgan fingerprint density at radius 1 is 1.67 bits per heavy atom. The van der Waals surface area contributed by atoms with E-state index in [0.29, 0.717) is 18.8 Å². The van der Waals surface area contributed by atoms with Gasteiger partial charge < -0.3 is 20.2 Å². The highest BCUT2D eigenvalue weighted by Gasteiger charge is 2.14. The lowest BCUT2D eigenvalue weighted by Gasteiger charge is -2.09. The molecule has 84 valence electrons. The Hall–Kier alpha value is -1.33. The molecule has 1 heterocycles. The van der Waals surface area contributed by atoms with Gasteiger partial charge in [0.15, 0.2) is 0 Å². The maximum Gasteiger partial charge on any atom is 0.373 e. The minimum atomic E-state index is -0.465. The first-order chi connectivity index (χ1) is 7.19. The molecule has 0 amide bonds. The first-order valence-corrected chi connectivity index (χ1v) is 4.80. The van der Waals surface area contributed by atoms with Crippen LogP contribution < -0.4 is 11.1 Å². The molecule has 0 saturated carbocycles. The van der Waals surface area contributed by atoms with E-state index in [1.165, 1.54) is 7.11 Å². The number of methoxy groups -OCH3 is 1. The molecule has 1 rings (SSSR count). The molecule has 1 aromatic heterocycles. The van der Waals surface area contributed by atoms with Gasteiger partial charge in [-0.25, -0.2) is 4.79 Å². The number of carbonyl (C=O) groups is 1. The van der Waals surface area contributed by atoms with Crippen LogP contribution in [0.15, 0.2) is 16.5 Å². The predicted molar refractivity (Wildman–Crippen MR) is 55.5 cm³/mol. The molecule has 1 unspecified atom stereocenters. The monoisotopic (exact) mass is 212 g/mol. The summed E-state index contributed by atoms with van der Waals surface area (Å²) in [5.74, 6) is 0.449. The summed E-state index contributed by atoms with van der Waals surface area (Å²) < 4.78 is 9.85. The summed E-state index contributed by atoms with van der Waals surface area (Å²) in [6, 6.07) is 3.38. The Kier molecular flexibility index (Phi) is 4.33. The Morgan fingerprint density at radius 2 is 2.40 bits per heavy atom. The molecule has 0 saturated heterocycles. The third-order valence-corrected chi connectivity index (χ3v) is 2.04. The third-order valence-electron chi connectivity index (χ3n) is 2.04. The normalized spacial score (nSPS) is 12.5. The van der Waals surface area contributed by atoms with E-state index in [-0.39, 0.29) is 11.8 Å². The van der Waals surface area contributed by atoms with E-state index < -0.39 is 5.97 Å². The molecule has 0 aliphatic carbocycles. The summed E-state index contributed by atoms with van der Waals surface area (Å²) in [7, 11) is 1.32. The van der Waals surface area contributed by atoms with Crippen LogP contribution in [0.4, 0.5) is 0 Å². The predicted octanol–water partition coefficient (Wildman–Crippen LogP) is 0.676. The van der Waals surface area contributed by atoms with Crippen LogP contribution in [0.25, 0.3) is 0 Å². The quantitative estimate of drug-likeness (QED) is 0.702. The molecule has 1 aromatic rings. The zero-order valence-electron chi connectivity index (χ0n) is 8.95. The summed E-state index contributed by atoms with van der Waals surface area (Å²) in [5, 5.41) is 3.15. The van der Waals surface area contributed by atoms with Crippen molar-refractivity contribution in [3.05, 3.63) is 23.7 Å². The van der Waals surface area contributed by atoms with Crippen molar-refractivity contribution < 1.29 is 13.9 Å². The highest BCUT2D eigenvalue weighted by molar-refractivity contribution is 5.86. The van der Waals surface area contributed by atoms with Gasteiger partial charge in [-0.1, -0.05) is 0 Å². The van der Waals surface area contributed by atoms with Gasteiger partial charge in [-0.05, 0) is 19.1 Å². The summed E-state index contributed by atoms with van der Waals surface area (Å²) >= 11 is 0. The Balaban J connectivity index is 2.62. The van der Waals surface area contributed by atoms with Gasteiger partial charge in [0, 0.05) is 13.1 Å². The number of nitrogens with one attached hydrogen (secondary N) is 1. The zero-order chi connectivity index (χ0) is 11.3. The van der Waals surface area contributed by atoms with Gasteiger partial charge in [0.05, 0.1) is 13.2 Å². The summed E-state index contributed by atoms with van der Waals surface area (Å²) in [4.78, 5) is 11.1. The van der Waals surface area contributed by atoms with Crippen molar-refractivity contribution in [1.82, 2.24) is 5.32 Å². The number of hydrogen-bond acceptors (Lipinski definition) is 5. The van der Waals surface area contributed by atoms with Crippen LogP contribution in [0.2, 0.25) is 0 Å². The Bertz CT molecular complexity index is 322. The van der Waals surface area contributed by atoms with Crippen LogP contribution >= 0.6 is 0 Å². The molecular formula is C10H16N2O3. The summed E-state index contributed by atoms with van der Waals surface area (Å²) in [5.41, 5.74) is 5.36. The van der Waals surface area contributed by atoms with Gasteiger partial charge in [-0.2, -0.15) is 0 Å². The molecule has 15 heavy (non-hydrogen) atoms. The lowest BCUT2D eigenvalue weighted by atomic mass is 10.2. The number of carbonyl (C=O) groups excluding carboxylic acids is 1. The molecule has 0 aliphatic rings. The van der Waals surface area contributed by atoms with E-state index >= 15 is 0 Å². The number of furan rings is 1. The van der Waals surface area contributed by atoms with Gasteiger partial charge >= 0.3 is 5.97 Å². The van der Waals surface area contributed by atoms with Crippen LogP contribution in [0, 0.1) is 0 Å². The van der Waals surface area contributed by atoms with Crippen molar-refractivity contribution in [2.24, 2.45) is 5.73 Å². The SMILES string of the molecule is COC(=O)c1ccc(C(C)NCCN)o1. The van der Waals surface area contributed by atoms with E-state index in [1.807, 2.05) is 6.92 Å². The number of ether oxygens (including phenoxy) is 1. The fourth-order valence-electron chi connectivity index (χ4n) is 1.20. The van der Waals surface area contributed by atoms with Crippen LogP contribution in [-0.2, 0) is 4.74 Å². The van der Waals surface area contributed by atoms with Crippen LogP contribution in [0.5, 0.6) is 0 Å². The second-order valence-corrected chi connectivity index (χ2v) is 3.16. The highest BCUT2D eigenvalue weighted by atomic mass is 16.5. The maximum atomic E-state index is 11.1. The highest BCUT2D eigenvalue weighted by Crippen LogP contribution is 2.16. The van der Waals surface area contributed by atoms with E-state index in [4.69, 9.17) is 10.2 Å². The second-order valence-electron chi connectivity index (χ2n) is 3.16. The van der Waals surface area contributed by atoms with Gasteiger partial charge in [0.2, 0.25) is 5.76 Å². The van der Waals surface area contributed by atoms with Crippen molar-refractivity contribution in [2.45, 2.75) is 13.0 Å². The summed E-state index contributed by atoms with van der Waals surface area (Å²) in [6.07, 6.45) is 0. The van der Waals surface area contributed by atoms with Gasteiger partial charge in [-0.15, -0.1) is 0 Å². The fraction of sp³-hybridized carbons (Fsp3) is 0.500. The molecular weight excluding hydrogens is 196 g/mol. The van der Waals surface area contributed by atoms with Crippen LogP contribution in [-0.4, -0.2) is 26.2 Å². The Morgan fingerprint density at radius 3 is 3.00 bits per heavy atom. The van der Waals surface area contributed by atoms with Crippen LogP contribution in [0.1, 0.15) is 29.3 Å². The lowest BCUT2D eigenvalue weighted by Crippen LogP contribution is -2.25. The molecule has 0 fully saturated rings. The summed E-state index contributed by atoms with van der Waals surface area (Å²) in [6.45, 7) is 3.21. The van der Waals surface area contributed by atoms with E-state index in [0.717, 1.165) is 0 Å². The first-order valence-electron chi connectivity index (χ1n) is 4.80. The smallest absolute Gasteiger partial charge is 0.373 e.